The number of hydrogen-bond donors (Lipinski definition) is 0. The van der Waals surface area contributed by atoms with Crippen LogP contribution in [0.15, 0.2) is 140 Å². The molecule has 0 radical (unpaired) electrons. The molecule has 0 aliphatic heterocycles. The molecule has 2 aromatic heterocycles. The lowest BCUT2D eigenvalue weighted by molar-refractivity contribution is 0.660. The van der Waals surface area contributed by atoms with Gasteiger partial charge in [-0.3, -0.25) is 4.57 Å². The van der Waals surface area contributed by atoms with E-state index in [1.54, 1.807) is 0 Å². The second-order valence-corrected chi connectivity index (χ2v) is 13.8. The number of hydrogen-bond acceptors (Lipinski definition) is 2. The van der Waals surface area contributed by atoms with Crippen molar-refractivity contribution in [1.29, 1.82) is 0 Å². The zero-order valence-corrected chi connectivity index (χ0v) is 26.6. The maximum Gasteiger partial charge on any atom is 0.165 e. The predicted molar refractivity (Wildman–Crippen MR) is 201 cm³/mol. The molecule has 48 heavy (non-hydrogen) atoms. The Labute approximate surface area is 277 Å². The molecule has 8 aromatic carbocycles. The van der Waals surface area contributed by atoms with Gasteiger partial charge >= 0.3 is 0 Å². The summed E-state index contributed by atoms with van der Waals surface area (Å²) in [5, 5.41) is 10.2. The summed E-state index contributed by atoms with van der Waals surface area (Å²) in [6.45, 7) is 4.67. The quantitative estimate of drug-likeness (QED) is 0.182. The maximum atomic E-state index is 5.47. The Balaban J connectivity index is 1.31. The fraction of sp³-hybridized carbons (Fsp3) is 0.0667. The van der Waals surface area contributed by atoms with Crippen LogP contribution in [0.1, 0.15) is 25.0 Å². The molecule has 0 bridgehead atoms. The molecule has 0 unspecified atom stereocenters. The Kier molecular flexibility index (Phi) is 4.91. The number of benzene rings is 8. The highest BCUT2D eigenvalue weighted by Crippen LogP contribution is 2.51. The Hall–Kier alpha value is -6.06. The van der Waals surface area contributed by atoms with E-state index in [1.807, 2.05) is 6.07 Å². The first-order chi connectivity index (χ1) is 23.6. The Bertz CT molecular complexity index is 2970. The van der Waals surface area contributed by atoms with E-state index in [0.29, 0.717) is 0 Å². The van der Waals surface area contributed by atoms with Gasteiger partial charge in [-0.1, -0.05) is 123 Å². The second kappa shape index (κ2) is 9.05. The van der Waals surface area contributed by atoms with E-state index in [0.717, 1.165) is 39.1 Å². The predicted octanol–water partition coefficient (Wildman–Crippen LogP) is 11.6. The van der Waals surface area contributed by atoms with Crippen molar-refractivity contribution in [2.24, 2.45) is 0 Å². The number of rotatable bonds is 2. The largest absolute Gasteiger partial charge is 0.292 e. The topological polar surface area (TPSA) is 30.7 Å². The fourth-order valence-electron chi connectivity index (χ4n) is 8.74. The van der Waals surface area contributed by atoms with Crippen LogP contribution in [0.2, 0.25) is 0 Å². The number of aromatic nitrogens is 3. The van der Waals surface area contributed by atoms with Crippen LogP contribution in [0, 0.1) is 0 Å². The van der Waals surface area contributed by atoms with Crippen molar-refractivity contribution in [3.63, 3.8) is 0 Å². The molecule has 0 saturated carbocycles. The molecule has 0 N–H and O–H groups in total. The van der Waals surface area contributed by atoms with Crippen molar-refractivity contribution in [3.8, 4) is 28.2 Å². The highest BCUT2D eigenvalue weighted by Gasteiger charge is 2.35. The van der Waals surface area contributed by atoms with Crippen LogP contribution in [-0.4, -0.2) is 14.5 Å². The Morgan fingerprint density at radius 3 is 2.02 bits per heavy atom. The molecule has 11 rings (SSSR count). The van der Waals surface area contributed by atoms with Crippen molar-refractivity contribution in [3.05, 3.63) is 151 Å². The molecule has 0 spiro atoms. The fourth-order valence-corrected chi connectivity index (χ4v) is 8.74. The average Bonchev–Trinajstić information content (AvgIpc) is 3.58. The minimum Gasteiger partial charge on any atom is -0.292 e. The van der Waals surface area contributed by atoms with Crippen molar-refractivity contribution in [2.45, 2.75) is 19.3 Å². The first-order valence-electron chi connectivity index (χ1n) is 16.7. The molecule has 3 nitrogen and oxygen atoms in total. The molecule has 0 fully saturated rings. The Morgan fingerprint density at radius 2 is 1.15 bits per heavy atom. The molecule has 0 saturated heterocycles. The SMILES string of the molecule is CC1(C)c2ccccc2-c2ccc(-c3nc4ccccc4nc3-n3c4cccc5c6ccccc6c6c7ccccc7cc3c6c54)cc21. The lowest BCUT2D eigenvalue weighted by Gasteiger charge is -2.22. The summed E-state index contributed by atoms with van der Waals surface area (Å²) in [6, 6.07) is 50.7. The van der Waals surface area contributed by atoms with Crippen LogP contribution in [0.4, 0.5) is 0 Å². The monoisotopic (exact) mass is 611 g/mol. The summed E-state index contributed by atoms with van der Waals surface area (Å²) in [5.41, 5.74) is 11.2. The lowest BCUT2D eigenvalue weighted by Crippen LogP contribution is -2.15. The minimum atomic E-state index is -0.119. The molecule has 10 aromatic rings. The third-order valence-corrected chi connectivity index (χ3v) is 10.9. The third kappa shape index (κ3) is 3.23. The van der Waals surface area contributed by atoms with Crippen molar-refractivity contribution in [2.75, 3.05) is 0 Å². The van der Waals surface area contributed by atoms with Gasteiger partial charge in [0.2, 0.25) is 0 Å². The van der Waals surface area contributed by atoms with Crippen LogP contribution in [0.25, 0.3) is 93.4 Å². The molecular formula is C45H29N3. The molecule has 1 aliphatic carbocycles. The lowest BCUT2D eigenvalue weighted by atomic mass is 9.82. The zero-order chi connectivity index (χ0) is 31.7. The van der Waals surface area contributed by atoms with E-state index >= 15 is 0 Å². The van der Waals surface area contributed by atoms with Gasteiger partial charge in [-0.15, -0.1) is 0 Å². The van der Waals surface area contributed by atoms with Crippen LogP contribution in [0.3, 0.4) is 0 Å². The molecule has 2 heterocycles. The van der Waals surface area contributed by atoms with Gasteiger partial charge in [0.15, 0.2) is 5.82 Å². The average molecular weight is 612 g/mol. The maximum absolute atomic E-state index is 5.47. The molecule has 1 aliphatic rings. The van der Waals surface area contributed by atoms with Gasteiger partial charge in [0.1, 0.15) is 5.69 Å². The van der Waals surface area contributed by atoms with E-state index < -0.39 is 0 Å². The van der Waals surface area contributed by atoms with Crippen LogP contribution in [0.5, 0.6) is 0 Å². The van der Waals surface area contributed by atoms with E-state index in [4.69, 9.17) is 9.97 Å². The van der Waals surface area contributed by atoms with Gasteiger partial charge in [-0.25, -0.2) is 9.97 Å². The zero-order valence-electron chi connectivity index (χ0n) is 26.6. The molecule has 3 heteroatoms. The highest BCUT2D eigenvalue weighted by molar-refractivity contribution is 6.39. The first kappa shape index (κ1) is 26.1. The van der Waals surface area contributed by atoms with Gasteiger partial charge in [0.25, 0.3) is 0 Å². The number of nitrogens with zero attached hydrogens (tertiary/aromatic N) is 3. The van der Waals surface area contributed by atoms with E-state index in [1.165, 1.54) is 65.3 Å². The molecule has 0 amide bonds. The molecule has 0 atom stereocenters. The third-order valence-electron chi connectivity index (χ3n) is 10.9. The molecular weight excluding hydrogens is 583 g/mol. The van der Waals surface area contributed by atoms with Gasteiger partial charge < -0.3 is 0 Å². The van der Waals surface area contributed by atoms with Gasteiger partial charge in [-0.05, 0) is 79.5 Å². The molecule has 224 valence electrons. The number of fused-ring (bicyclic) bond motifs is 9. The van der Waals surface area contributed by atoms with Gasteiger partial charge in [-0.2, -0.15) is 0 Å². The Morgan fingerprint density at radius 1 is 0.479 bits per heavy atom. The van der Waals surface area contributed by atoms with Crippen LogP contribution >= 0.6 is 0 Å². The first-order valence-corrected chi connectivity index (χ1v) is 16.7. The van der Waals surface area contributed by atoms with E-state index in [9.17, 15) is 0 Å². The van der Waals surface area contributed by atoms with Crippen molar-refractivity contribution in [1.82, 2.24) is 14.5 Å². The smallest absolute Gasteiger partial charge is 0.165 e. The summed E-state index contributed by atoms with van der Waals surface area (Å²) >= 11 is 0. The standard InChI is InChI=1S/C45H29N3/c1-45(2)34-18-8-7-15-30(34)31-23-22-27(24-35(31)45)43-44(47-37-20-10-9-19-36(37)46-43)48-38-21-11-17-33-29-14-5-6-16-32(29)40-28-13-4-3-12-26(28)25-39(48)42(40)41(33)38/h3-25H,1-2H3. The van der Waals surface area contributed by atoms with Crippen molar-refractivity contribution >= 4 is 65.2 Å². The van der Waals surface area contributed by atoms with E-state index in [-0.39, 0.29) is 5.41 Å². The van der Waals surface area contributed by atoms with Gasteiger partial charge in [0.05, 0.1) is 22.1 Å². The number of para-hydroxylation sites is 2. The summed E-state index contributed by atoms with van der Waals surface area (Å²) < 4.78 is 2.39. The minimum absolute atomic E-state index is 0.119. The second-order valence-electron chi connectivity index (χ2n) is 13.8. The highest BCUT2D eigenvalue weighted by atomic mass is 15.1. The van der Waals surface area contributed by atoms with Crippen molar-refractivity contribution < 1.29 is 0 Å². The van der Waals surface area contributed by atoms with E-state index in [2.05, 4.69) is 152 Å². The van der Waals surface area contributed by atoms with Gasteiger partial charge in [0, 0.05) is 27.1 Å². The summed E-state index contributed by atoms with van der Waals surface area (Å²) in [6.07, 6.45) is 0. The van der Waals surface area contributed by atoms with Crippen LogP contribution < -0.4 is 0 Å². The normalized spacial score (nSPS) is 13.8. The van der Waals surface area contributed by atoms with Crippen LogP contribution in [-0.2, 0) is 5.41 Å². The summed E-state index contributed by atoms with van der Waals surface area (Å²) in [4.78, 5) is 10.9. The summed E-state index contributed by atoms with van der Waals surface area (Å²) in [5.74, 6) is 0.853. The summed E-state index contributed by atoms with van der Waals surface area (Å²) in [7, 11) is 0.